The van der Waals surface area contributed by atoms with Crippen molar-refractivity contribution in [2.24, 2.45) is 0 Å². The summed E-state index contributed by atoms with van der Waals surface area (Å²) < 4.78 is 0. The first kappa shape index (κ1) is 21.4. The molecule has 0 radical (unpaired) electrons. The third-order valence-corrected chi connectivity index (χ3v) is 5.51. The van der Waals surface area contributed by atoms with Gasteiger partial charge in [-0.15, -0.1) is 36.2 Å². The van der Waals surface area contributed by atoms with Crippen molar-refractivity contribution in [1.29, 1.82) is 0 Å². The molecular formula is C19H23Cl2N5S. The van der Waals surface area contributed by atoms with E-state index >= 15 is 0 Å². The van der Waals surface area contributed by atoms with Crippen LogP contribution in [0.5, 0.6) is 0 Å². The first-order valence-electron chi connectivity index (χ1n) is 8.72. The van der Waals surface area contributed by atoms with E-state index in [2.05, 4.69) is 38.2 Å². The molecule has 1 N–H and O–H groups in total. The summed E-state index contributed by atoms with van der Waals surface area (Å²) in [5, 5.41) is 4.25. The molecule has 1 aliphatic rings. The van der Waals surface area contributed by atoms with Crippen molar-refractivity contribution in [3.8, 4) is 10.7 Å². The highest BCUT2D eigenvalue weighted by molar-refractivity contribution is 7.15. The molecule has 0 atom stereocenters. The minimum absolute atomic E-state index is 0. The average molecular weight is 424 g/mol. The van der Waals surface area contributed by atoms with Crippen LogP contribution in [0.15, 0.2) is 42.7 Å². The molecule has 0 unspecified atom stereocenters. The Balaban J connectivity index is 0.00000131. The first-order chi connectivity index (χ1) is 12.3. The molecule has 0 saturated carbocycles. The summed E-state index contributed by atoms with van der Waals surface area (Å²) in [5.41, 5.74) is 2.09. The van der Waals surface area contributed by atoms with Gasteiger partial charge in [0.25, 0.3) is 0 Å². The average Bonchev–Trinajstić information content (AvgIpc) is 3.34. The van der Waals surface area contributed by atoms with E-state index in [4.69, 9.17) is 0 Å². The van der Waals surface area contributed by atoms with Gasteiger partial charge in [-0.2, -0.15) is 0 Å². The van der Waals surface area contributed by atoms with Crippen LogP contribution in [0.2, 0.25) is 0 Å². The predicted molar refractivity (Wildman–Crippen MR) is 118 cm³/mol. The van der Waals surface area contributed by atoms with Gasteiger partial charge in [0.1, 0.15) is 22.3 Å². The Morgan fingerprint density at radius 2 is 1.81 bits per heavy atom. The maximum absolute atomic E-state index is 4.67. The Morgan fingerprint density at radius 3 is 2.48 bits per heavy atom. The maximum Gasteiger partial charge on any atom is 0.142 e. The normalized spacial score (nSPS) is 13.0. The Morgan fingerprint density at radius 1 is 1.00 bits per heavy atom. The van der Waals surface area contributed by atoms with Gasteiger partial charge in [0.05, 0.1) is 11.9 Å². The Bertz CT molecular complexity index is 847. The van der Waals surface area contributed by atoms with Crippen LogP contribution in [0.1, 0.15) is 24.6 Å². The summed E-state index contributed by atoms with van der Waals surface area (Å²) in [6.07, 6.45) is 7.41. The fourth-order valence-corrected chi connectivity index (χ4v) is 3.79. The van der Waals surface area contributed by atoms with Crippen LogP contribution in [0, 0.1) is 0 Å². The summed E-state index contributed by atoms with van der Waals surface area (Å²) >= 11 is 1.69. The van der Waals surface area contributed by atoms with Crippen molar-refractivity contribution in [3.05, 3.63) is 47.6 Å². The van der Waals surface area contributed by atoms with E-state index in [1.807, 2.05) is 36.7 Å². The standard InChI is InChI=1S/C19H21N5S.2ClH/c1-2-15-13-21-19(25-15)16-6-5-7-18(22-16)23-17-9-8-14(12-20-17)24-10-3-4-11-24;;/h5-9,12-13H,2-4,10-11H2,1H3,(H,20,22,23);2*1H. The molecule has 3 aromatic heterocycles. The molecule has 0 bridgehead atoms. The van der Waals surface area contributed by atoms with E-state index in [1.165, 1.54) is 23.4 Å². The number of hydrogen-bond donors (Lipinski definition) is 1. The number of nitrogens with one attached hydrogen (secondary N) is 1. The third kappa shape index (κ3) is 5.09. The second-order valence-electron chi connectivity index (χ2n) is 6.11. The number of rotatable bonds is 5. The number of halogens is 2. The monoisotopic (exact) mass is 423 g/mol. The lowest BCUT2D eigenvalue weighted by Crippen LogP contribution is -2.17. The molecule has 4 heterocycles. The maximum atomic E-state index is 4.67. The molecule has 0 amide bonds. The summed E-state index contributed by atoms with van der Waals surface area (Å²) in [4.78, 5) is 17.3. The zero-order valence-corrected chi connectivity index (χ0v) is 17.5. The van der Waals surface area contributed by atoms with Gasteiger partial charge >= 0.3 is 0 Å². The molecule has 0 aliphatic carbocycles. The number of pyridine rings is 2. The van der Waals surface area contributed by atoms with Gasteiger partial charge in [-0.05, 0) is 43.5 Å². The van der Waals surface area contributed by atoms with Gasteiger partial charge in [-0.3, -0.25) is 0 Å². The molecule has 1 aliphatic heterocycles. The lowest BCUT2D eigenvalue weighted by molar-refractivity contribution is 0.949. The second kappa shape index (κ2) is 9.88. The molecule has 3 aromatic rings. The van der Waals surface area contributed by atoms with E-state index in [-0.39, 0.29) is 24.8 Å². The smallest absolute Gasteiger partial charge is 0.142 e. The van der Waals surface area contributed by atoms with Crippen LogP contribution >= 0.6 is 36.2 Å². The molecular weight excluding hydrogens is 401 g/mol. The highest BCUT2D eigenvalue weighted by Gasteiger charge is 2.12. The summed E-state index contributed by atoms with van der Waals surface area (Å²) in [6.45, 7) is 4.40. The predicted octanol–water partition coefficient (Wildman–Crippen LogP) is 5.35. The number of nitrogens with zero attached hydrogens (tertiary/aromatic N) is 4. The van der Waals surface area contributed by atoms with Crippen LogP contribution in [0.4, 0.5) is 17.3 Å². The minimum Gasteiger partial charge on any atom is -0.370 e. The number of aromatic nitrogens is 3. The summed E-state index contributed by atoms with van der Waals surface area (Å²) in [7, 11) is 0. The summed E-state index contributed by atoms with van der Waals surface area (Å²) in [5.74, 6) is 1.59. The number of thiazole rings is 1. The highest BCUT2D eigenvalue weighted by atomic mass is 35.5. The molecule has 0 aromatic carbocycles. The van der Waals surface area contributed by atoms with E-state index in [0.717, 1.165) is 41.8 Å². The third-order valence-electron chi connectivity index (χ3n) is 4.35. The molecule has 0 spiro atoms. The van der Waals surface area contributed by atoms with Crippen molar-refractivity contribution in [1.82, 2.24) is 15.0 Å². The molecule has 4 rings (SSSR count). The number of hydrogen-bond acceptors (Lipinski definition) is 6. The van der Waals surface area contributed by atoms with Crippen LogP contribution in [0.3, 0.4) is 0 Å². The SMILES string of the molecule is CCc1cnc(-c2cccc(Nc3ccc(N4CCCC4)cn3)n2)s1.Cl.Cl. The van der Waals surface area contributed by atoms with Crippen molar-refractivity contribution in [3.63, 3.8) is 0 Å². The van der Waals surface area contributed by atoms with E-state index in [0.29, 0.717) is 0 Å². The summed E-state index contributed by atoms with van der Waals surface area (Å²) in [6, 6.07) is 10.1. The van der Waals surface area contributed by atoms with Crippen LogP contribution in [-0.4, -0.2) is 28.0 Å². The second-order valence-corrected chi connectivity index (χ2v) is 7.23. The largest absolute Gasteiger partial charge is 0.370 e. The molecule has 5 nitrogen and oxygen atoms in total. The van der Waals surface area contributed by atoms with Crippen LogP contribution in [-0.2, 0) is 6.42 Å². The lowest BCUT2D eigenvalue weighted by Gasteiger charge is -2.17. The fourth-order valence-electron chi connectivity index (χ4n) is 2.97. The topological polar surface area (TPSA) is 53.9 Å². The quantitative estimate of drug-likeness (QED) is 0.599. The Hall–Kier alpha value is -1.89. The van der Waals surface area contributed by atoms with E-state index < -0.39 is 0 Å². The van der Waals surface area contributed by atoms with Crippen molar-refractivity contribution < 1.29 is 0 Å². The lowest BCUT2D eigenvalue weighted by atomic mass is 10.3. The Kier molecular flexibility index (Phi) is 7.83. The van der Waals surface area contributed by atoms with Crippen molar-refractivity contribution >= 4 is 53.5 Å². The first-order valence-corrected chi connectivity index (χ1v) is 9.53. The van der Waals surface area contributed by atoms with E-state index in [1.54, 1.807) is 11.3 Å². The highest BCUT2D eigenvalue weighted by Crippen LogP contribution is 2.26. The van der Waals surface area contributed by atoms with Gasteiger partial charge in [0, 0.05) is 24.2 Å². The molecule has 8 heteroatoms. The van der Waals surface area contributed by atoms with E-state index in [9.17, 15) is 0 Å². The molecule has 1 saturated heterocycles. The Labute approximate surface area is 176 Å². The molecule has 27 heavy (non-hydrogen) atoms. The minimum atomic E-state index is 0. The zero-order chi connectivity index (χ0) is 17.1. The zero-order valence-electron chi connectivity index (χ0n) is 15.1. The van der Waals surface area contributed by atoms with Gasteiger partial charge in [-0.1, -0.05) is 13.0 Å². The van der Waals surface area contributed by atoms with Gasteiger partial charge < -0.3 is 10.2 Å². The number of aryl methyl sites for hydroxylation is 1. The molecule has 144 valence electrons. The molecule has 1 fully saturated rings. The van der Waals surface area contributed by atoms with Crippen molar-refractivity contribution in [2.45, 2.75) is 26.2 Å². The van der Waals surface area contributed by atoms with Gasteiger partial charge in [0.2, 0.25) is 0 Å². The number of anilines is 3. The van der Waals surface area contributed by atoms with Gasteiger partial charge in [-0.25, -0.2) is 15.0 Å². The van der Waals surface area contributed by atoms with Gasteiger partial charge in [0.15, 0.2) is 0 Å². The fraction of sp³-hybridized carbons (Fsp3) is 0.316. The van der Waals surface area contributed by atoms with Crippen LogP contribution in [0.25, 0.3) is 10.7 Å². The van der Waals surface area contributed by atoms with Crippen molar-refractivity contribution in [2.75, 3.05) is 23.3 Å². The van der Waals surface area contributed by atoms with Crippen LogP contribution < -0.4 is 10.2 Å².